The van der Waals surface area contributed by atoms with Gasteiger partial charge < -0.3 is 15.6 Å². The average Bonchev–Trinajstić information content (AvgIpc) is 2.20. The van der Waals surface area contributed by atoms with Crippen LogP contribution < -0.4 is 10.5 Å². The summed E-state index contributed by atoms with van der Waals surface area (Å²) in [5.74, 6) is -0.743. The molecule has 82 valence electrons. The SMILES string of the molecule is CCCCOc1c(N)cccc1C(=O)O. The number of carbonyl (C=O) groups is 1. The van der Waals surface area contributed by atoms with Crippen LogP contribution in [0.4, 0.5) is 5.69 Å². The summed E-state index contributed by atoms with van der Waals surface area (Å²) in [4.78, 5) is 10.9. The summed E-state index contributed by atoms with van der Waals surface area (Å²) in [5, 5.41) is 8.91. The van der Waals surface area contributed by atoms with Crippen molar-refractivity contribution in [3.63, 3.8) is 0 Å². The van der Waals surface area contributed by atoms with E-state index >= 15 is 0 Å². The van der Waals surface area contributed by atoms with Crippen LogP contribution in [0.1, 0.15) is 30.1 Å². The van der Waals surface area contributed by atoms with Gasteiger partial charge in [0.2, 0.25) is 0 Å². The maximum Gasteiger partial charge on any atom is 0.339 e. The van der Waals surface area contributed by atoms with Crippen LogP contribution in [0.5, 0.6) is 5.75 Å². The van der Waals surface area contributed by atoms with Crippen molar-refractivity contribution in [3.8, 4) is 5.75 Å². The van der Waals surface area contributed by atoms with E-state index in [2.05, 4.69) is 0 Å². The van der Waals surface area contributed by atoms with E-state index in [0.29, 0.717) is 12.3 Å². The highest BCUT2D eigenvalue weighted by molar-refractivity contribution is 5.93. The van der Waals surface area contributed by atoms with Crippen molar-refractivity contribution in [2.24, 2.45) is 0 Å². The quantitative estimate of drug-likeness (QED) is 0.575. The summed E-state index contributed by atoms with van der Waals surface area (Å²) in [6.45, 7) is 2.53. The van der Waals surface area contributed by atoms with Crippen LogP contribution in [0.15, 0.2) is 18.2 Å². The molecule has 0 fully saturated rings. The summed E-state index contributed by atoms with van der Waals surface area (Å²) < 4.78 is 5.36. The normalized spacial score (nSPS) is 9.93. The van der Waals surface area contributed by atoms with Crippen LogP contribution in [-0.2, 0) is 0 Å². The fraction of sp³-hybridized carbons (Fsp3) is 0.364. The third-order valence-electron chi connectivity index (χ3n) is 2.02. The first kappa shape index (κ1) is 11.4. The Morgan fingerprint density at radius 3 is 2.87 bits per heavy atom. The molecule has 0 saturated heterocycles. The number of hydrogen-bond donors (Lipinski definition) is 2. The average molecular weight is 209 g/mol. The molecule has 1 aromatic carbocycles. The molecule has 0 atom stereocenters. The van der Waals surface area contributed by atoms with Crippen LogP contribution in [0.25, 0.3) is 0 Å². The number of nitrogen functional groups attached to an aromatic ring is 1. The van der Waals surface area contributed by atoms with Gasteiger partial charge >= 0.3 is 5.97 Å². The number of carboxylic acid groups (broad SMARTS) is 1. The maximum atomic E-state index is 10.9. The lowest BCUT2D eigenvalue weighted by Gasteiger charge is -2.10. The summed E-state index contributed by atoms with van der Waals surface area (Å²) in [5.41, 5.74) is 6.14. The summed E-state index contributed by atoms with van der Waals surface area (Å²) >= 11 is 0. The van der Waals surface area contributed by atoms with Crippen molar-refractivity contribution in [3.05, 3.63) is 23.8 Å². The lowest BCUT2D eigenvalue weighted by molar-refractivity contribution is 0.0692. The number of ether oxygens (including phenoxy) is 1. The molecule has 3 N–H and O–H groups in total. The van der Waals surface area contributed by atoms with Crippen LogP contribution in [0.3, 0.4) is 0 Å². The molecule has 0 radical (unpaired) electrons. The number of para-hydroxylation sites is 1. The van der Waals surface area contributed by atoms with Gasteiger partial charge in [0.25, 0.3) is 0 Å². The van der Waals surface area contributed by atoms with Crippen molar-refractivity contribution in [1.82, 2.24) is 0 Å². The second-order valence-corrected chi connectivity index (χ2v) is 3.23. The highest BCUT2D eigenvalue weighted by Crippen LogP contribution is 2.26. The van der Waals surface area contributed by atoms with Gasteiger partial charge in [-0.05, 0) is 18.6 Å². The largest absolute Gasteiger partial charge is 0.491 e. The highest BCUT2D eigenvalue weighted by atomic mass is 16.5. The molecule has 1 rings (SSSR count). The van der Waals surface area contributed by atoms with Gasteiger partial charge in [-0.2, -0.15) is 0 Å². The van der Waals surface area contributed by atoms with Gasteiger partial charge in [-0.25, -0.2) is 4.79 Å². The minimum atomic E-state index is -1.02. The molecule has 0 aromatic heterocycles. The van der Waals surface area contributed by atoms with Gasteiger partial charge in [0.05, 0.1) is 12.3 Å². The highest BCUT2D eigenvalue weighted by Gasteiger charge is 2.13. The molecule has 4 heteroatoms. The summed E-state index contributed by atoms with van der Waals surface area (Å²) in [6.07, 6.45) is 1.88. The lowest BCUT2D eigenvalue weighted by atomic mass is 10.2. The Bertz CT molecular complexity index is 350. The number of nitrogens with two attached hydrogens (primary N) is 1. The minimum absolute atomic E-state index is 0.117. The van der Waals surface area contributed by atoms with Crippen molar-refractivity contribution in [2.75, 3.05) is 12.3 Å². The van der Waals surface area contributed by atoms with Gasteiger partial charge in [-0.3, -0.25) is 0 Å². The van der Waals surface area contributed by atoms with Gasteiger partial charge in [0, 0.05) is 0 Å². The van der Waals surface area contributed by atoms with Crippen molar-refractivity contribution in [2.45, 2.75) is 19.8 Å². The fourth-order valence-corrected chi connectivity index (χ4v) is 1.20. The number of aromatic carboxylic acids is 1. The van der Waals surface area contributed by atoms with Crippen LogP contribution in [0.2, 0.25) is 0 Å². The Labute approximate surface area is 88.7 Å². The number of unbranched alkanes of at least 4 members (excludes halogenated alkanes) is 1. The Kier molecular flexibility index (Phi) is 3.97. The fourth-order valence-electron chi connectivity index (χ4n) is 1.20. The maximum absolute atomic E-state index is 10.9. The van der Waals surface area contributed by atoms with E-state index in [1.54, 1.807) is 12.1 Å². The Morgan fingerprint density at radius 1 is 1.53 bits per heavy atom. The smallest absolute Gasteiger partial charge is 0.339 e. The monoisotopic (exact) mass is 209 g/mol. The number of rotatable bonds is 5. The van der Waals surface area contributed by atoms with Crippen molar-refractivity contribution >= 4 is 11.7 Å². The molecule has 1 aromatic rings. The molecule has 4 nitrogen and oxygen atoms in total. The van der Waals surface area contributed by atoms with Crippen LogP contribution in [-0.4, -0.2) is 17.7 Å². The number of benzene rings is 1. The number of anilines is 1. The molecule has 0 saturated carbocycles. The third-order valence-corrected chi connectivity index (χ3v) is 2.02. The number of carboxylic acids is 1. The zero-order chi connectivity index (χ0) is 11.3. The Hall–Kier alpha value is -1.71. The topological polar surface area (TPSA) is 72.5 Å². The molecule has 0 aliphatic carbocycles. The van der Waals surface area contributed by atoms with Gasteiger partial charge in [-0.1, -0.05) is 19.4 Å². The van der Waals surface area contributed by atoms with Crippen LogP contribution >= 0.6 is 0 Å². The molecule has 0 amide bonds. The summed E-state index contributed by atoms with van der Waals surface area (Å²) in [7, 11) is 0. The Balaban J connectivity index is 2.87. The molecular formula is C11H15NO3. The molecule has 15 heavy (non-hydrogen) atoms. The van der Waals surface area contributed by atoms with E-state index in [0.717, 1.165) is 12.8 Å². The molecule has 0 aliphatic heterocycles. The first-order chi connectivity index (χ1) is 7.16. The molecule has 0 heterocycles. The van der Waals surface area contributed by atoms with E-state index in [1.165, 1.54) is 6.07 Å². The van der Waals surface area contributed by atoms with Crippen LogP contribution in [0, 0.1) is 0 Å². The van der Waals surface area contributed by atoms with Gasteiger partial charge in [0.1, 0.15) is 5.56 Å². The zero-order valence-electron chi connectivity index (χ0n) is 8.69. The van der Waals surface area contributed by atoms with Crippen molar-refractivity contribution in [1.29, 1.82) is 0 Å². The Morgan fingerprint density at radius 2 is 2.27 bits per heavy atom. The first-order valence-electron chi connectivity index (χ1n) is 4.91. The van der Waals surface area contributed by atoms with Gasteiger partial charge in [0.15, 0.2) is 5.75 Å². The minimum Gasteiger partial charge on any atom is -0.491 e. The first-order valence-corrected chi connectivity index (χ1v) is 4.91. The predicted molar refractivity (Wildman–Crippen MR) is 58.2 cm³/mol. The molecule has 0 bridgehead atoms. The molecule has 0 unspecified atom stereocenters. The van der Waals surface area contributed by atoms with E-state index in [1.807, 2.05) is 6.92 Å². The second-order valence-electron chi connectivity index (χ2n) is 3.23. The molecule has 0 spiro atoms. The lowest BCUT2D eigenvalue weighted by Crippen LogP contribution is -2.06. The number of hydrogen-bond acceptors (Lipinski definition) is 3. The summed E-state index contributed by atoms with van der Waals surface area (Å²) in [6, 6.07) is 4.72. The van der Waals surface area contributed by atoms with Crippen molar-refractivity contribution < 1.29 is 14.6 Å². The van der Waals surface area contributed by atoms with E-state index in [-0.39, 0.29) is 11.3 Å². The van der Waals surface area contributed by atoms with E-state index < -0.39 is 5.97 Å². The van der Waals surface area contributed by atoms with E-state index in [4.69, 9.17) is 15.6 Å². The van der Waals surface area contributed by atoms with Gasteiger partial charge in [-0.15, -0.1) is 0 Å². The molecular weight excluding hydrogens is 194 g/mol. The molecule has 0 aliphatic rings. The van der Waals surface area contributed by atoms with E-state index in [9.17, 15) is 4.79 Å². The zero-order valence-corrected chi connectivity index (χ0v) is 8.69. The third kappa shape index (κ3) is 2.87. The predicted octanol–water partition coefficient (Wildman–Crippen LogP) is 2.15. The standard InChI is InChI=1S/C11H15NO3/c1-2-3-7-15-10-8(11(13)14)5-4-6-9(10)12/h4-6H,2-3,7,12H2,1H3,(H,13,14). The second kappa shape index (κ2) is 5.24.